The van der Waals surface area contributed by atoms with Gasteiger partial charge in [0.05, 0.1) is 0 Å². The van der Waals surface area contributed by atoms with Gasteiger partial charge in [0.2, 0.25) is 0 Å². The zero-order valence-corrected chi connectivity index (χ0v) is 53.3. The highest BCUT2D eigenvalue weighted by Gasteiger charge is 2.29. The Balaban J connectivity index is 0.790. The smallest absolute Gasteiger partial charge is 0.139 e. The van der Waals surface area contributed by atoms with Crippen molar-refractivity contribution in [1.29, 1.82) is 0 Å². The fraction of sp³-hybridized carbons (Fsp3) is 0.149. The van der Waals surface area contributed by atoms with Crippen LogP contribution in [0.1, 0.15) is 105 Å². The molecule has 0 bridgehead atoms. The lowest BCUT2D eigenvalue weighted by atomic mass is 9.78. The molecule has 2 heterocycles. The van der Waals surface area contributed by atoms with Gasteiger partial charge in [-0.2, -0.15) is 0 Å². The molecule has 0 amide bonds. The third kappa shape index (κ3) is 9.93. The predicted octanol–water partition coefficient (Wildman–Crippen LogP) is 24.3. The normalized spacial score (nSPS) is 12.5. The lowest BCUT2D eigenvalue weighted by Gasteiger charge is -2.30. The topological polar surface area (TPSA) is 32.8 Å². The summed E-state index contributed by atoms with van der Waals surface area (Å²) in [6, 6.07) is 104. The van der Waals surface area contributed by atoms with Crippen LogP contribution < -0.4 is 9.80 Å². The highest BCUT2D eigenvalue weighted by atomic mass is 16.3. The van der Waals surface area contributed by atoms with Crippen LogP contribution in [-0.2, 0) is 21.7 Å². The van der Waals surface area contributed by atoms with E-state index >= 15 is 0 Å². The van der Waals surface area contributed by atoms with Gasteiger partial charge in [0, 0.05) is 83.4 Å². The molecule has 4 heteroatoms. The molecule has 0 atom stereocenters. The van der Waals surface area contributed by atoms with Crippen LogP contribution in [0.25, 0.3) is 65.4 Å². The average molecular weight is 1180 g/mol. The van der Waals surface area contributed by atoms with Gasteiger partial charge in [0.25, 0.3) is 0 Å². The van der Waals surface area contributed by atoms with Crippen LogP contribution in [0.15, 0.2) is 294 Å². The molecule has 0 spiro atoms. The predicted molar refractivity (Wildman–Crippen MR) is 384 cm³/mol. The molecule has 0 fully saturated rings. The number of rotatable bonds is 14. The monoisotopic (exact) mass is 1180 g/mol. The molecule has 13 aromatic carbocycles. The van der Waals surface area contributed by atoms with E-state index in [0.29, 0.717) is 0 Å². The molecule has 0 aliphatic rings. The van der Waals surface area contributed by atoms with Crippen molar-refractivity contribution in [1.82, 2.24) is 0 Å². The molecule has 0 saturated heterocycles. The quantitative estimate of drug-likeness (QED) is 0.109. The molecule has 91 heavy (non-hydrogen) atoms. The summed E-state index contributed by atoms with van der Waals surface area (Å²) in [6.07, 6.45) is 0. The number of nitrogens with zero attached hydrogens (tertiary/aromatic N) is 2. The molecule has 0 radical (unpaired) electrons. The summed E-state index contributed by atoms with van der Waals surface area (Å²) in [5, 5.41) is 8.88. The van der Waals surface area contributed by atoms with Crippen molar-refractivity contribution in [3.05, 3.63) is 335 Å². The van der Waals surface area contributed by atoms with E-state index in [-0.39, 0.29) is 21.7 Å². The van der Waals surface area contributed by atoms with Gasteiger partial charge in [0.15, 0.2) is 0 Å². The molecule has 0 unspecified atom stereocenters. The highest BCUT2D eigenvalue weighted by molar-refractivity contribution is 6.21. The molecule has 444 valence electrons. The third-order valence-corrected chi connectivity index (χ3v) is 20.2. The summed E-state index contributed by atoms with van der Waals surface area (Å²) in [7, 11) is 0. The van der Waals surface area contributed by atoms with Crippen molar-refractivity contribution in [3.8, 4) is 0 Å². The summed E-state index contributed by atoms with van der Waals surface area (Å²) in [5.41, 5.74) is 20.4. The number of hydrogen-bond acceptors (Lipinski definition) is 4. The minimum atomic E-state index is -0.167. The van der Waals surface area contributed by atoms with Crippen LogP contribution in [0.3, 0.4) is 0 Å². The van der Waals surface area contributed by atoms with E-state index in [1.165, 1.54) is 44.5 Å². The highest BCUT2D eigenvalue weighted by Crippen LogP contribution is 2.47. The minimum absolute atomic E-state index is 0.167. The molecule has 15 rings (SSSR count). The zero-order chi connectivity index (χ0) is 62.4. The molecule has 4 nitrogen and oxygen atoms in total. The summed E-state index contributed by atoms with van der Waals surface area (Å²) < 4.78 is 13.8. The number of hydrogen-bond donors (Lipinski definition) is 0. The maximum absolute atomic E-state index is 6.90. The van der Waals surface area contributed by atoms with Gasteiger partial charge in [-0.05, 0) is 176 Å². The van der Waals surface area contributed by atoms with Gasteiger partial charge in [-0.25, -0.2) is 0 Å². The maximum Gasteiger partial charge on any atom is 0.139 e. The Kier molecular flexibility index (Phi) is 13.8. The fourth-order valence-corrected chi connectivity index (χ4v) is 14.3. The van der Waals surface area contributed by atoms with Crippen molar-refractivity contribution < 1.29 is 8.83 Å². The molecule has 15 aromatic rings. The van der Waals surface area contributed by atoms with Gasteiger partial charge in [-0.3, -0.25) is 0 Å². The van der Waals surface area contributed by atoms with Crippen molar-refractivity contribution in [2.24, 2.45) is 0 Å². The fourth-order valence-electron chi connectivity index (χ4n) is 14.3. The second-order valence-electron chi connectivity index (χ2n) is 27.0. The van der Waals surface area contributed by atoms with Gasteiger partial charge in [-0.1, -0.05) is 237 Å². The summed E-state index contributed by atoms with van der Waals surface area (Å²) in [6.45, 7) is 20.7. The first-order valence-electron chi connectivity index (χ1n) is 31.9. The van der Waals surface area contributed by atoms with Crippen LogP contribution in [0.5, 0.6) is 0 Å². The van der Waals surface area contributed by atoms with Gasteiger partial charge in [-0.15, -0.1) is 0 Å². The van der Waals surface area contributed by atoms with Crippen LogP contribution in [0, 0.1) is 6.92 Å². The lowest BCUT2D eigenvalue weighted by Crippen LogP contribution is -2.19. The molecule has 0 aliphatic heterocycles. The van der Waals surface area contributed by atoms with E-state index in [1.54, 1.807) is 0 Å². The Hall–Kier alpha value is -10.4. The van der Waals surface area contributed by atoms with Crippen LogP contribution in [-0.4, -0.2) is 0 Å². The first-order chi connectivity index (χ1) is 44.0. The number of furan rings is 2. The Labute approximate surface area is 534 Å². The molecule has 0 N–H and O–H groups in total. The molecule has 0 aliphatic carbocycles. The maximum atomic E-state index is 6.90. The Morgan fingerprint density at radius 2 is 0.484 bits per heavy atom. The van der Waals surface area contributed by atoms with Gasteiger partial charge >= 0.3 is 0 Å². The Bertz CT molecular complexity index is 4660. The van der Waals surface area contributed by atoms with Crippen LogP contribution >= 0.6 is 0 Å². The van der Waals surface area contributed by atoms with E-state index in [0.717, 1.165) is 105 Å². The number of fused-ring (bicyclic) bond motifs is 8. The standard InChI is InChI=1S/C87H74N2O2/c1-57-82-76-52-58-30-40-74(88(70-42-32-66(33-43-70)84(2,3)62-22-14-10-15-23-62)71-44-34-67(35-45-71)85(4,5)63-24-16-11-17-25-63)50-60(58)54-78(76)90-80(82)56-81-83(57)77-53-59-31-41-75(51-61(59)55-79(77)91-81)89(72-46-36-68(37-47-72)86(6,7)64-26-18-12-19-27-64)73-48-38-69(39-49-73)87(8,9)65-28-20-13-21-29-65/h10-56H,1-9H3. The summed E-state index contributed by atoms with van der Waals surface area (Å²) in [5.74, 6) is 0. The Morgan fingerprint density at radius 1 is 0.231 bits per heavy atom. The SMILES string of the molecule is Cc1c2c(cc3oc4cc5cc(N(c6ccc(C(C)(C)c7ccccc7)cc6)c6ccc(C(C)(C)c7ccccc7)cc6)ccc5cc4c13)oc1cc3cc(N(c4ccc(C(C)(C)c5ccccc5)cc4)c4ccc(C(C)(C)c5ccccc5)cc4)ccc3cc12. The van der Waals surface area contributed by atoms with Crippen LogP contribution in [0.4, 0.5) is 34.1 Å². The number of benzene rings is 13. The molecule has 0 saturated carbocycles. The van der Waals surface area contributed by atoms with Gasteiger partial charge < -0.3 is 18.6 Å². The van der Waals surface area contributed by atoms with E-state index in [1.807, 2.05) is 0 Å². The zero-order valence-electron chi connectivity index (χ0n) is 53.3. The molecular weight excluding hydrogens is 1100 g/mol. The third-order valence-electron chi connectivity index (χ3n) is 20.2. The first-order valence-corrected chi connectivity index (χ1v) is 31.9. The summed E-state index contributed by atoms with van der Waals surface area (Å²) in [4.78, 5) is 4.76. The second-order valence-corrected chi connectivity index (χ2v) is 27.0. The Morgan fingerprint density at radius 3 is 0.758 bits per heavy atom. The van der Waals surface area contributed by atoms with Crippen molar-refractivity contribution in [3.63, 3.8) is 0 Å². The first kappa shape index (κ1) is 57.0. The van der Waals surface area contributed by atoms with Crippen molar-refractivity contribution in [2.45, 2.75) is 84.0 Å². The second kappa shape index (κ2) is 22.0. The minimum Gasteiger partial charge on any atom is -0.456 e. The number of aryl methyl sites for hydroxylation is 1. The largest absolute Gasteiger partial charge is 0.456 e. The molecular formula is C87H74N2O2. The van der Waals surface area contributed by atoms with Crippen LogP contribution in [0.2, 0.25) is 0 Å². The van der Waals surface area contributed by atoms with Crippen molar-refractivity contribution in [2.75, 3.05) is 9.80 Å². The summed E-state index contributed by atoms with van der Waals surface area (Å²) >= 11 is 0. The van der Waals surface area contributed by atoms with E-state index in [4.69, 9.17) is 8.83 Å². The van der Waals surface area contributed by atoms with E-state index in [9.17, 15) is 0 Å². The van der Waals surface area contributed by atoms with E-state index in [2.05, 4.69) is 357 Å². The molecule has 2 aromatic heterocycles. The van der Waals surface area contributed by atoms with E-state index < -0.39 is 0 Å². The van der Waals surface area contributed by atoms with Crippen molar-refractivity contribution >= 4 is 99.5 Å². The average Bonchev–Trinajstić information content (AvgIpc) is 1.58. The van der Waals surface area contributed by atoms with Gasteiger partial charge in [0.1, 0.15) is 22.3 Å². The lowest BCUT2D eigenvalue weighted by molar-refractivity contribution is 0.640. The number of anilines is 6.